The summed E-state index contributed by atoms with van der Waals surface area (Å²) in [5.41, 5.74) is 12.9. The van der Waals surface area contributed by atoms with E-state index < -0.39 is 4.92 Å². The van der Waals surface area contributed by atoms with Crippen molar-refractivity contribution < 1.29 is 9.66 Å². The summed E-state index contributed by atoms with van der Waals surface area (Å²) >= 11 is 1.48. The largest absolute Gasteiger partial charge is 0.497 e. The summed E-state index contributed by atoms with van der Waals surface area (Å²) in [5.74, 6) is 1.48. The third-order valence-corrected chi connectivity index (χ3v) is 4.05. The van der Waals surface area contributed by atoms with Crippen LogP contribution in [0.4, 0.5) is 17.1 Å². The highest BCUT2D eigenvalue weighted by Gasteiger charge is 2.15. The van der Waals surface area contributed by atoms with Crippen molar-refractivity contribution >= 4 is 28.8 Å². The Kier molecular flexibility index (Phi) is 4.54. The predicted molar refractivity (Wildman–Crippen MR) is 84.5 cm³/mol. The second kappa shape index (κ2) is 6.36. The van der Waals surface area contributed by atoms with E-state index in [1.165, 1.54) is 17.8 Å². The highest BCUT2D eigenvalue weighted by molar-refractivity contribution is 7.98. The summed E-state index contributed by atoms with van der Waals surface area (Å²) < 4.78 is 5.10. The fourth-order valence-corrected chi connectivity index (χ4v) is 2.72. The Balaban J connectivity index is 2.12. The van der Waals surface area contributed by atoms with E-state index in [2.05, 4.69) is 0 Å². The molecule has 0 atom stereocenters. The molecule has 4 N–H and O–H groups in total. The second-order valence-corrected chi connectivity index (χ2v) is 5.36. The summed E-state index contributed by atoms with van der Waals surface area (Å²) in [6, 6.07) is 10.5. The van der Waals surface area contributed by atoms with Gasteiger partial charge in [0, 0.05) is 16.7 Å². The topological polar surface area (TPSA) is 104 Å². The van der Waals surface area contributed by atoms with E-state index in [1.54, 1.807) is 13.2 Å². The first-order valence-corrected chi connectivity index (χ1v) is 7.09. The highest BCUT2D eigenvalue weighted by atomic mass is 32.2. The SMILES string of the molecule is COc1ccc(CSc2cc(N)c([N+](=O)[O-])cc2N)cc1. The quantitative estimate of drug-likeness (QED) is 0.381. The van der Waals surface area contributed by atoms with Crippen LogP contribution in [0.2, 0.25) is 0 Å². The molecule has 2 rings (SSSR count). The van der Waals surface area contributed by atoms with Crippen LogP contribution in [0.25, 0.3) is 0 Å². The Morgan fingerprint density at radius 2 is 1.86 bits per heavy atom. The molecule has 0 aliphatic rings. The molecule has 0 aliphatic carbocycles. The maximum Gasteiger partial charge on any atom is 0.294 e. The van der Waals surface area contributed by atoms with Crippen LogP contribution in [-0.2, 0) is 5.75 Å². The summed E-state index contributed by atoms with van der Waals surface area (Å²) in [6.07, 6.45) is 0. The van der Waals surface area contributed by atoms with Crippen molar-refractivity contribution in [1.82, 2.24) is 0 Å². The minimum absolute atomic E-state index is 0.117. The molecule has 0 unspecified atom stereocenters. The zero-order valence-corrected chi connectivity index (χ0v) is 12.2. The van der Waals surface area contributed by atoms with Crippen LogP contribution in [0.15, 0.2) is 41.3 Å². The minimum atomic E-state index is -0.538. The van der Waals surface area contributed by atoms with Gasteiger partial charge in [0.25, 0.3) is 5.69 Å². The number of anilines is 2. The Labute approximate surface area is 126 Å². The fourth-order valence-electron chi connectivity index (χ4n) is 1.77. The minimum Gasteiger partial charge on any atom is -0.497 e. The lowest BCUT2D eigenvalue weighted by molar-refractivity contribution is -0.383. The average Bonchev–Trinajstić information content (AvgIpc) is 2.48. The number of hydrogen-bond acceptors (Lipinski definition) is 6. The van der Waals surface area contributed by atoms with Crippen LogP contribution < -0.4 is 16.2 Å². The van der Waals surface area contributed by atoms with Gasteiger partial charge in [0.05, 0.1) is 17.7 Å². The molecule has 0 saturated heterocycles. The summed E-state index contributed by atoms with van der Waals surface area (Å²) in [4.78, 5) is 11.0. The second-order valence-electron chi connectivity index (χ2n) is 4.34. The Hall–Kier alpha value is -2.41. The first kappa shape index (κ1) is 15.0. The van der Waals surface area contributed by atoms with E-state index >= 15 is 0 Å². The number of nitro benzene ring substituents is 1. The average molecular weight is 305 g/mol. The molecule has 0 radical (unpaired) electrons. The van der Waals surface area contributed by atoms with Gasteiger partial charge in [-0.05, 0) is 23.8 Å². The lowest BCUT2D eigenvalue weighted by Gasteiger charge is -2.08. The van der Waals surface area contributed by atoms with Crippen LogP contribution >= 0.6 is 11.8 Å². The number of rotatable bonds is 5. The lowest BCUT2D eigenvalue weighted by Crippen LogP contribution is -1.99. The van der Waals surface area contributed by atoms with Crippen molar-refractivity contribution in [2.75, 3.05) is 18.6 Å². The molecule has 0 spiro atoms. The zero-order chi connectivity index (χ0) is 15.4. The van der Waals surface area contributed by atoms with E-state index in [-0.39, 0.29) is 11.4 Å². The number of nitrogens with zero attached hydrogens (tertiary/aromatic N) is 1. The Morgan fingerprint density at radius 1 is 1.19 bits per heavy atom. The van der Waals surface area contributed by atoms with Gasteiger partial charge in [0.1, 0.15) is 11.4 Å². The molecule has 0 aliphatic heterocycles. The fraction of sp³-hybridized carbons (Fsp3) is 0.143. The molecule has 0 amide bonds. The normalized spacial score (nSPS) is 10.3. The first-order chi connectivity index (χ1) is 10.0. The molecule has 0 saturated carbocycles. The lowest BCUT2D eigenvalue weighted by atomic mass is 10.2. The summed E-state index contributed by atoms with van der Waals surface area (Å²) in [5, 5.41) is 10.8. The molecule has 0 aromatic heterocycles. The molecule has 2 aromatic rings. The van der Waals surface area contributed by atoms with Gasteiger partial charge in [-0.25, -0.2) is 0 Å². The molecule has 7 heteroatoms. The van der Waals surface area contributed by atoms with Gasteiger partial charge in [0.15, 0.2) is 0 Å². The van der Waals surface area contributed by atoms with Gasteiger partial charge in [-0.1, -0.05) is 12.1 Å². The maximum absolute atomic E-state index is 10.8. The van der Waals surface area contributed by atoms with E-state index in [1.807, 2.05) is 24.3 Å². The standard InChI is InChI=1S/C14H15N3O3S/c1-20-10-4-2-9(3-5-10)8-21-14-7-11(15)13(17(18)19)6-12(14)16/h2-7H,8,15-16H2,1H3. The number of nitrogen functional groups attached to an aromatic ring is 2. The zero-order valence-electron chi connectivity index (χ0n) is 11.4. The number of benzene rings is 2. The van der Waals surface area contributed by atoms with Crippen molar-refractivity contribution in [3.05, 3.63) is 52.1 Å². The highest BCUT2D eigenvalue weighted by Crippen LogP contribution is 2.35. The van der Waals surface area contributed by atoms with Crippen LogP contribution in [0.3, 0.4) is 0 Å². The van der Waals surface area contributed by atoms with Crippen LogP contribution in [0, 0.1) is 10.1 Å². The molecule has 2 aromatic carbocycles. The number of thioether (sulfide) groups is 1. The monoisotopic (exact) mass is 305 g/mol. The van der Waals surface area contributed by atoms with Crippen LogP contribution in [-0.4, -0.2) is 12.0 Å². The number of nitro groups is 1. The number of nitrogens with two attached hydrogens (primary N) is 2. The van der Waals surface area contributed by atoms with Crippen LogP contribution in [0.1, 0.15) is 5.56 Å². The van der Waals surface area contributed by atoms with Gasteiger partial charge in [-0.2, -0.15) is 0 Å². The molecule has 0 bridgehead atoms. The maximum atomic E-state index is 10.8. The van der Waals surface area contributed by atoms with Crippen molar-refractivity contribution in [1.29, 1.82) is 0 Å². The molecule has 0 fully saturated rings. The van der Waals surface area contributed by atoms with Gasteiger partial charge in [-0.15, -0.1) is 11.8 Å². The number of methoxy groups -OCH3 is 1. The molecule has 110 valence electrons. The Bertz CT molecular complexity index is 659. The van der Waals surface area contributed by atoms with Gasteiger partial charge in [0.2, 0.25) is 0 Å². The smallest absolute Gasteiger partial charge is 0.294 e. The third kappa shape index (κ3) is 3.57. The first-order valence-electron chi connectivity index (χ1n) is 6.10. The van der Waals surface area contributed by atoms with Gasteiger partial charge < -0.3 is 16.2 Å². The number of ether oxygens (including phenoxy) is 1. The summed E-state index contributed by atoms with van der Waals surface area (Å²) in [7, 11) is 1.62. The van der Waals surface area contributed by atoms with Crippen LogP contribution in [0.5, 0.6) is 5.75 Å². The molecule has 21 heavy (non-hydrogen) atoms. The van der Waals surface area contributed by atoms with Gasteiger partial charge >= 0.3 is 0 Å². The third-order valence-electron chi connectivity index (χ3n) is 2.91. The number of hydrogen-bond donors (Lipinski definition) is 2. The molecular formula is C14H15N3O3S. The van der Waals surface area contributed by atoms with Gasteiger partial charge in [-0.3, -0.25) is 10.1 Å². The summed E-state index contributed by atoms with van der Waals surface area (Å²) in [6.45, 7) is 0. The predicted octanol–water partition coefficient (Wildman–Crippen LogP) is 3.06. The van der Waals surface area contributed by atoms with Crippen molar-refractivity contribution in [3.63, 3.8) is 0 Å². The van der Waals surface area contributed by atoms with Crippen molar-refractivity contribution in [2.45, 2.75) is 10.6 Å². The molecule has 0 heterocycles. The molecular weight excluding hydrogens is 290 g/mol. The van der Waals surface area contributed by atoms with E-state index in [0.29, 0.717) is 11.4 Å². The molecule has 6 nitrogen and oxygen atoms in total. The van der Waals surface area contributed by atoms with E-state index in [0.717, 1.165) is 16.2 Å². The van der Waals surface area contributed by atoms with E-state index in [4.69, 9.17) is 16.2 Å². The van der Waals surface area contributed by atoms with E-state index in [9.17, 15) is 10.1 Å². The Morgan fingerprint density at radius 3 is 2.43 bits per heavy atom. The van der Waals surface area contributed by atoms with Crippen molar-refractivity contribution in [2.24, 2.45) is 0 Å². The van der Waals surface area contributed by atoms with Crippen molar-refractivity contribution in [3.8, 4) is 5.75 Å².